The van der Waals surface area contributed by atoms with Gasteiger partial charge in [0.1, 0.15) is 5.82 Å². The van der Waals surface area contributed by atoms with E-state index in [1.807, 2.05) is 0 Å². The van der Waals surface area contributed by atoms with Crippen molar-refractivity contribution >= 4 is 17.4 Å². The smallest absolute Gasteiger partial charge is 0.140 e. The van der Waals surface area contributed by atoms with E-state index in [4.69, 9.17) is 22.2 Å². The number of nitrogens with zero attached hydrogens (tertiary/aromatic N) is 1. The molecule has 1 aliphatic carbocycles. The summed E-state index contributed by atoms with van der Waals surface area (Å²) in [4.78, 5) is 4.23. The predicted molar refractivity (Wildman–Crippen MR) is 59.5 cm³/mol. The van der Waals surface area contributed by atoms with Gasteiger partial charge in [-0.3, -0.25) is 0 Å². The van der Waals surface area contributed by atoms with Crippen LogP contribution in [0.15, 0.2) is 12.1 Å². The molecule has 0 aliphatic heterocycles. The maximum absolute atomic E-state index is 5.99. The third-order valence-electron chi connectivity index (χ3n) is 2.57. The zero-order chi connectivity index (χ0) is 10.7. The van der Waals surface area contributed by atoms with Gasteiger partial charge >= 0.3 is 0 Å². The first-order valence-corrected chi connectivity index (χ1v) is 5.41. The summed E-state index contributed by atoms with van der Waals surface area (Å²) < 4.78 is 5.63. The Kier molecular flexibility index (Phi) is 3.41. The molecule has 0 aromatic carbocycles. The molecule has 1 aromatic rings. The van der Waals surface area contributed by atoms with Gasteiger partial charge in [-0.25, -0.2) is 10.8 Å². The molecule has 0 amide bonds. The monoisotopic (exact) mass is 227 g/mol. The van der Waals surface area contributed by atoms with E-state index in [0.29, 0.717) is 23.6 Å². The molecule has 1 aromatic heterocycles. The van der Waals surface area contributed by atoms with Gasteiger partial charge < -0.3 is 10.2 Å². The zero-order valence-corrected chi connectivity index (χ0v) is 9.13. The minimum absolute atomic E-state index is 0.386. The molecule has 1 fully saturated rings. The van der Waals surface area contributed by atoms with Gasteiger partial charge in [0.15, 0.2) is 0 Å². The summed E-state index contributed by atoms with van der Waals surface area (Å²) in [5.41, 5.74) is 3.22. The molecule has 1 heterocycles. The first kappa shape index (κ1) is 10.7. The van der Waals surface area contributed by atoms with Crippen molar-refractivity contribution in [2.75, 3.05) is 5.43 Å². The normalized spacial score (nSPS) is 16.1. The lowest BCUT2D eigenvalue weighted by molar-refractivity contribution is -0.01000. The van der Waals surface area contributed by atoms with Crippen LogP contribution in [-0.4, -0.2) is 11.1 Å². The first-order chi connectivity index (χ1) is 7.29. The van der Waals surface area contributed by atoms with E-state index in [0.717, 1.165) is 18.5 Å². The van der Waals surface area contributed by atoms with E-state index in [2.05, 4.69) is 10.4 Å². The van der Waals surface area contributed by atoms with E-state index in [-0.39, 0.29) is 0 Å². The summed E-state index contributed by atoms with van der Waals surface area (Å²) >= 11 is 5.99. The fourth-order valence-electron chi connectivity index (χ4n) is 1.40. The Labute approximate surface area is 93.7 Å². The molecule has 5 heteroatoms. The maximum atomic E-state index is 5.99. The number of nitrogens with two attached hydrogens (primary N) is 1. The van der Waals surface area contributed by atoms with Crippen LogP contribution in [0.25, 0.3) is 0 Å². The van der Waals surface area contributed by atoms with Crippen molar-refractivity contribution in [2.45, 2.75) is 32.0 Å². The number of halogens is 1. The highest BCUT2D eigenvalue weighted by Gasteiger charge is 2.18. The van der Waals surface area contributed by atoms with Gasteiger partial charge in [0.2, 0.25) is 0 Å². The molecule has 1 saturated carbocycles. The van der Waals surface area contributed by atoms with Crippen LogP contribution in [0.4, 0.5) is 5.82 Å². The van der Waals surface area contributed by atoms with Gasteiger partial charge in [0, 0.05) is 0 Å². The number of ether oxygens (including phenoxy) is 1. The van der Waals surface area contributed by atoms with Gasteiger partial charge in [-0.2, -0.15) is 0 Å². The molecule has 0 atom stereocenters. The van der Waals surface area contributed by atoms with E-state index in [1.165, 1.54) is 6.42 Å². The van der Waals surface area contributed by atoms with Crippen molar-refractivity contribution in [3.05, 3.63) is 22.8 Å². The summed E-state index contributed by atoms with van der Waals surface area (Å²) in [6.45, 7) is 0.457. The second-order valence-corrected chi connectivity index (χ2v) is 4.04. The lowest BCUT2D eigenvalue weighted by Crippen LogP contribution is -2.21. The molecule has 2 rings (SSSR count). The molecule has 0 unspecified atom stereocenters. The van der Waals surface area contributed by atoms with Crippen molar-refractivity contribution < 1.29 is 4.74 Å². The van der Waals surface area contributed by atoms with Crippen LogP contribution in [0.1, 0.15) is 25.0 Å². The minimum Gasteiger partial charge on any atom is -0.372 e. The van der Waals surface area contributed by atoms with Crippen molar-refractivity contribution in [1.29, 1.82) is 0 Å². The highest BCUT2D eigenvalue weighted by molar-refractivity contribution is 6.31. The Morgan fingerprint density at radius 1 is 1.53 bits per heavy atom. The number of rotatable bonds is 4. The third kappa shape index (κ3) is 2.59. The molecule has 82 valence electrons. The summed E-state index contributed by atoms with van der Waals surface area (Å²) in [7, 11) is 0. The zero-order valence-electron chi connectivity index (χ0n) is 8.37. The number of nitrogens with one attached hydrogen (secondary N) is 1. The Morgan fingerprint density at radius 2 is 2.33 bits per heavy atom. The summed E-state index contributed by atoms with van der Waals surface area (Å²) in [5, 5.41) is 0.619. The van der Waals surface area contributed by atoms with Crippen molar-refractivity contribution in [1.82, 2.24) is 4.98 Å². The number of nitrogen functional groups attached to an aromatic ring is 1. The molecule has 0 radical (unpaired) electrons. The molecule has 4 nitrogen and oxygen atoms in total. The lowest BCUT2D eigenvalue weighted by Gasteiger charge is -2.25. The number of anilines is 1. The van der Waals surface area contributed by atoms with E-state index >= 15 is 0 Å². The Bertz CT molecular complexity index is 341. The standard InChI is InChI=1S/C10H14ClN3O/c11-8-4-5-10(14-12)13-9(8)6-15-7-2-1-3-7/h4-5,7H,1-3,6,12H2,(H,13,14). The van der Waals surface area contributed by atoms with Crippen LogP contribution in [0.5, 0.6) is 0 Å². The first-order valence-electron chi connectivity index (χ1n) is 5.03. The van der Waals surface area contributed by atoms with E-state index in [1.54, 1.807) is 12.1 Å². The molecule has 0 spiro atoms. The fraction of sp³-hybridized carbons (Fsp3) is 0.500. The fourth-order valence-corrected chi connectivity index (χ4v) is 1.56. The van der Waals surface area contributed by atoms with Gasteiger partial charge in [-0.15, -0.1) is 0 Å². The van der Waals surface area contributed by atoms with Crippen molar-refractivity contribution in [2.24, 2.45) is 5.84 Å². The Morgan fingerprint density at radius 3 is 2.93 bits per heavy atom. The van der Waals surface area contributed by atoms with Gasteiger partial charge in [-0.1, -0.05) is 11.6 Å². The number of aromatic nitrogens is 1. The molecular formula is C10H14ClN3O. The third-order valence-corrected chi connectivity index (χ3v) is 2.92. The Balaban J connectivity index is 1.98. The number of pyridine rings is 1. The van der Waals surface area contributed by atoms with Crippen LogP contribution in [0.3, 0.4) is 0 Å². The SMILES string of the molecule is NNc1ccc(Cl)c(COC2CCC2)n1. The van der Waals surface area contributed by atoms with Gasteiger partial charge in [0.05, 0.1) is 23.4 Å². The highest BCUT2D eigenvalue weighted by atomic mass is 35.5. The minimum atomic E-state index is 0.386. The second-order valence-electron chi connectivity index (χ2n) is 3.63. The molecule has 1 aliphatic rings. The van der Waals surface area contributed by atoms with E-state index in [9.17, 15) is 0 Å². The average Bonchev–Trinajstić information content (AvgIpc) is 2.18. The summed E-state index contributed by atoms with van der Waals surface area (Å²) in [5.74, 6) is 5.87. The molecule has 3 N–H and O–H groups in total. The number of hydrazine groups is 1. The summed E-state index contributed by atoms with van der Waals surface area (Å²) in [6.07, 6.45) is 3.94. The lowest BCUT2D eigenvalue weighted by atomic mass is 9.96. The van der Waals surface area contributed by atoms with Crippen LogP contribution >= 0.6 is 11.6 Å². The maximum Gasteiger partial charge on any atom is 0.140 e. The largest absolute Gasteiger partial charge is 0.372 e. The van der Waals surface area contributed by atoms with Crippen LogP contribution in [-0.2, 0) is 11.3 Å². The number of hydrogen-bond acceptors (Lipinski definition) is 4. The van der Waals surface area contributed by atoms with Crippen LogP contribution < -0.4 is 11.3 Å². The van der Waals surface area contributed by atoms with E-state index < -0.39 is 0 Å². The quantitative estimate of drug-likeness (QED) is 0.611. The highest BCUT2D eigenvalue weighted by Crippen LogP contribution is 2.24. The number of hydrogen-bond donors (Lipinski definition) is 2. The topological polar surface area (TPSA) is 60.2 Å². The Hall–Kier alpha value is -0.840. The van der Waals surface area contributed by atoms with Crippen molar-refractivity contribution in [3.63, 3.8) is 0 Å². The molecule has 15 heavy (non-hydrogen) atoms. The van der Waals surface area contributed by atoms with Crippen molar-refractivity contribution in [3.8, 4) is 0 Å². The van der Waals surface area contributed by atoms with Gasteiger partial charge in [-0.05, 0) is 31.4 Å². The summed E-state index contributed by atoms with van der Waals surface area (Å²) in [6, 6.07) is 3.50. The second kappa shape index (κ2) is 4.79. The van der Waals surface area contributed by atoms with Crippen LogP contribution in [0.2, 0.25) is 5.02 Å². The van der Waals surface area contributed by atoms with Crippen LogP contribution in [0, 0.1) is 0 Å². The average molecular weight is 228 g/mol. The predicted octanol–water partition coefficient (Wildman–Crippen LogP) is 2.09. The molecular weight excluding hydrogens is 214 g/mol. The molecule has 0 saturated heterocycles. The molecule has 0 bridgehead atoms. The van der Waals surface area contributed by atoms with Gasteiger partial charge in [0.25, 0.3) is 0 Å².